The number of hydrogen-bond donors (Lipinski definition) is 0. The Morgan fingerprint density at radius 2 is 1.56 bits per heavy atom. The Kier molecular flexibility index (Phi) is 4.81. The maximum atomic E-state index is 13.2. The highest BCUT2D eigenvalue weighted by Crippen LogP contribution is 2.43. The van der Waals surface area contributed by atoms with Gasteiger partial charge in [-0.2, -0.15) is 0 Å². The molecule has 1 unspecified atom stereocenters. The van der Waals surface area contributed by atoms with Crippen LogP contribution in [-0.4, -0.2) is 28.7 Å². The number of carbonyl (C=O) groups excluding carboxylic acids is 2. The molecule has 0 radical (unpaired) electrons. The first-order valence-corrected chi connectivity index (χ1v) is 9.68. The molecule has 2 aromatic carbocycles. The van der Waals surface area contributed by atoms with Gasteiger partial charge in [0, 0.05) is 24.1 Å². The smallest absolute Gasteiger partial charge is 0.254 e. The van der Waals surface area contributed by atoms with Crippen LogP contribution in [0.5, 0.6) is 0 Å². The highest BCUT2D eigenvalue weighted by atomic mass is 19.1. The molecule has 27 heavy (non-hydrogen) atoms. The molecule has 2 aliphatic rings. The van der Waals surface area contributed by atoms with Crippen LogP contribution in [0.1, 0.15) is 60.0 Å². The van der Waals surface area contributed by atoms with E-state index in [9.17, 15) is 14.0 Å². The lowest BCUT2D eigenvalue weighted by Gasteiger charge is -2.39. The zero-order valence-corrected chi connectivity index (χ0v) is 15.5. The highest BCUT2D eigenvalue weighted by Gasteiger charge is 2.43. The van der Waals surface area contributed by atoms with Crippen molar-refractivity contribution in [3.05, 3.63) is 71.0 Å². The number of piperidine rings is 1. The molecule has 0 saturated carbocycles. The fourth-order valence-electron chi connectivity index (χ4n) is 4.72. The SMILES string of the molecule is CC(=O)Cc1ccc(C(=O)N2[C@@H]3CC[C@H]2CC(c2ccc(F)cc2)C3)cc1. The molecule has 3 nitrogen and oxygen atoms in total. The van der Waals surface area contributed by atoms with Crippen molar-refractivity contribution < 1.29 is 14.0 Å². The largest absolute Gasteiger partial charge is 0.333 e. The number of halogens is 1. The second-order valence-electron chi connectivity index (χ2n) is 7.89. The molecular weight excluding hydrogens is 341 g/mol. The van der Waals surface area contributed by atoms with Crippen molar-refractivity contribution in [2.45, 2.75) is 57.0 Å². The quantitative estimate of drug-likeness (QED) is 0.799. The minimum Gasteiger partial charge on any atom is -0.333 e. The average Bonchev–Trinajstić information content (AvgIpc) is 2.91. The van der Waals surface area contributed by atoms with Crippen LogP contribution >= 0.6 is 0 Å². The van der Waals surface area contributed by atoms with Crippen LogP contribution in [0.4, 0.5) is 4.39 Å². The lowest BCUT2D eigenvalue weighted by Crippen LogP contribution is -2.46. The predicted octanol–water partition coefficient (Wildman–Crippen LogP) is 4.51. The summed E-state index contributed by atoms with van der Waals surface area (Å²) in [5, 5.41) is 0. The Labute approximate surface area is 159 Å². The van der Waals surface area contributed by atoms with Gasteiger partial charge in [0.25, 0.3) is 5.91 Å². The standard InChI is InChI=1S/C23H24FNO2/c1-15(26)12-16-2-4-18(5-3-16)23(27)25-21-10-11-22(25)14-19(13-21)17-6-8-20(24)9-7-17/h2-9,19,21-22H,10-14H2,1H3/t19?,21-,22+. The number of hydrogen-bond acceptors (Lipinski definition) is 2. The number of fused-ring (bicyclic) bond motifs is 2. The molecule has 4 rings (SSSR count). The Bertz CT molecular complexity index is 830. The average molecular weight is 365 g/mol. The minimum absolute atomic E-state index is 0.0921. The van der Waals surface area contributed by atoms with Crippen LogP contribution < -0.4 is 0 Å². The number of ketones is 1. The number of benzene rings is 2. The van der Waals surface area contributed by atoms with Crippen LogP contribution in [0.3, 0.4) is 0 Å². The molecule has 2 aliphatic heterocycles. The van der Waals surface area contributed by atoms with E-state index < -0.39 is 0 Å². The Hall–Kier alpha value is -2.49. The first kappa shape index (κ1) is 17.9. The van der Waals surface area contributed by atoms with Gasteiger partial charge in [-0.25, -0.2) is 4.39 Å². The van der Waals surface area contributed by atoms with Crippen LogP contribution in [0.15, 0.2) is 48.5 Å². The summed E-state index contributed by atoms with van der Waals surface area (Å²) in [6, 6.07) is 14.7. The molecule has 4 heteroatoms. The van der Waals surface area contributed by atoms with Gasteiger partial charge < -0.3 is 4.90 Å². The van der Waals surface area contributed by atoms with E-state index in [-0.39, 0.29) is 29.6 Å². The Morgan fingerprint density at radius 3 is 2.11 bits per heavy atom. The second-order valence-corrected chi connectivity index (χ2v) is 7.89. The molecule has 2 bridgehead atoms. The van der Waals surface area contributed by atoms with Gasteiger partial charge in [-0.3, -0.25) is 9.59 Å². The van der Waals surface area contributed by atoms with Crippen LogP contribution in [-0.2, 0) is 11.2 Å². The summed E-state index contributed by atoms with van der Waals surface area (Å²) >= 11 is 0. The fraction of sp³-hybridized carbons (Fsp3) is 0.391. The second kappa shape index (κ2) is 7.26. The maximum Gasteiger partial charge on any atom is 0.254 e. The van der Waals surface area contributed by atoms with Crippen molar-refractivity contribution in [2.75, 3.05) is 0 Å². The van der Waals surface area contributed by atoms with Crippen molar-refractivity contribution in [3.8, 4) is 0 Å². The summed E-state index contributed by atoms with van der Waals surface area (Å²) in [7, 11) is 0. The normalized spacial score (nSPS) is 24.1. The highest BCUT2D eigenvalue weighted by molar-refractivity contribution is 5.95. The van der Waals surface area contributed by atoms with Crippen molar-refractivity contribution >= 4 is 11.7 Å². The third kappa shape index (κ3) is 3.66. The molecule has 0 aliphatic carbocycles. The van der Waals surface area contributed by atoms with E-state index >= 15 is 0 Å². The first-order valence-electron chi connectivity index (χ1n) is 9.68. The van der Waals surface area contributed by atoms with E-state index in [1.807, 2.05) is 36.4 Å². The zero-order valence-electron chi connectivity index (χ0n) is 15.5. The molecule has 2 heterocycles. The lowest BCUT2D eigenvalue weighted by atomic mass is 9.84. The van der Waals surface area contributed by atoms with Gasteiger partial charge in [0.15, 0.2) is 0 Å². The summed E-state index contributed by atoms with van der Waals surface area (Å²) < 4.78 is 13.2. The third-order valence-corrected chi connectivity index (χ3v) is 5.96. The summed E-state index contributed by atoms with van der Waals surface area (Å²) in [6.45, 7) is 1.57. The van der Waals surface area contributed by atoms with Crippen molar-refractivity contribution in [1.29, 1.82) is 0 Å². The fourth-order valence-corrected chi connectivity index (χ4v) is 4.72. The van der Waals surface area contributed by atoms with E-state index in [0.717, 1.165) is 31.2 Å². The van der Waals surface area contributed by atoms with E-state index in [2.05, 4.69) is 4.90 Å². The molecule has 2 saturated heterocycles. The van der Waals surface area contributed by atoms with Gasteiger partial charge in [0.05, 0.1) is 0 Å². The van der Waals surface area contributed by atoms with Gasteiger partial charge in [0.1, 0.15) is 11.6 Å². The van der Waals surface area contributed by atoms with Crippen LogP contribution in [0.2, 0.25) is 0 Å². The monoisotopic (exact) mass is 365 g/mol. The van der Waals surface area contributed by atoms with Gasteiger partial charge in [-0.1, -0.05) is 24.3 Å². The molecule has 140 valence electrons. The molecule has 3 atom stereocenters. The van der Waals surface area contributed by atoms with Crippen molar-refractivity contribution in [2.24, 2.45) is 0 Å². The number of carbonyl (C=O) groups is 2. The number of amides is 1. The zero-order chi connectivity index (χ0) is 19.0. The number of Topliss-reactive ketones (excluding diaryl/α,β-unsaturated/α-hetero) is 1. The van der Waals surface area contributed by atoms with Gasteiger partial charge in [-0.15, -0.1) is 0 Å². The summed E-state index contributed by atoms with van der Waals surface area (Å²) in [6.07, 6.45) is 4.36. The van der Waals surface area contributed by atoms with Gasteiger partial charge >= 0.3 is 0 Å². The molecule has 0 N–H and O–H groups in total. The van der Waals surface area contributed by atoms with Crippen LogP contribution in [0.25, 0.3) is 0 Å². The van der Waals surface area contributed by atoms with E-state index in [0.29, 0.717) is 17.9 Å². The Morgan fingerprint density at radius 1 is 0.963 bits per heavy atom. The summed E-state index contributed by atoms with van der Waals surface area (Å²) in [4.78, 5) is 26.4. The molecule has 2 fully saturated rings. The molecule has 0 aromatic heterocycles. The molecule has 2 aromatic rings. The molecule has 0 spiro atoms. The summed E-state index contributed by atoms with van der Waals surface area (Å²) in [5.74, 6) is 0.400. The van der Waals surface area contributed by atoms with Crippen molar-refractivity contribution in [3.63, 3.8) is 0 Å². The minimum atomic E-state index is -0.206. The summed E-state index contributed by atoms with van der Waals surface area (Å²) in [5.41, 5.74) is 2.81. The Balaban J connectivity index is 1.48. The molecular formula is C23H24FNO2. The lowest BCUT2D eigenvalue weighted by molar-refractivity contribution is -0.116. The first-order chi connectivity index (χ1) is 13.0. The topological polar surface area (TPSA) is 37.4 Å². The van der Waals surface area contributed by atoms with E-state index in [1.54, 1.807) is 6.92 Å². The molecule has 1 amide bonds. The van der Waals surface area contributed by atoms with Crippen LogP contribution in [0, 0.1) is 5.82 Å². The third-order valence-electron chi connectivity index (χ3n) is 5.96. The van der Waals surface area contributed by atoms with Gasteiger partial charge in [0.2, 0.25) is 0 Å². The van der Waals surface area contributed by atoms with Gasteiger partial charge in [-0.05, 0) is 73.9 Å². The number of nitrogens with zero attached hydrogens (tertiary/aromatic N) is 1. The number of rotatable bonds is 4. The van der Waals surface area contributed by atoms with Crippen molar-refractivity contribution in [1.82, 2.24) is 4.90 Å². The van der Waals surface area contributed by atoms with E-state index in [4.69, 9.17) is 0 Å². The predicted molar refractivity (Wildman–Crippen MR) is 102 cm³/mol. The van der Waals surface area contributed by atoms with E-state index in [1.165, 1.54) is 17.7 Å². The maximum absolute atomic E-state index is 13.2.